The number of nitrogens with two attached hydrogens (primary N) is 1. The number of carbonyl (C=O) groups is 1. The first-order chi connectivity index (χ1) is 7.27. The van der Waals surface area contributed by atoms with Crippen molar-refractivity contribution in [1.82, 2.24) is 10.2 Å². The monoisotopic (exact) mass is 205 g/mol. The molecule has 3 rings (SSSR count). The fraction of sp³-hybridized carbons (Fsp3) is 0.545. The Morgan fingerprint density at radius 2 is 2.47 bits per heavy atom. The number of urea groups is 1. The number of primary amides is 1. The Labute approximate surface area is 88.8 Å². The molecule has 2 bridgehead atoms. The van der Waals surface area contributed by atoms with Crippen LogP contribution in [0.3, 0.4) is 0 Å². The molecule has 3 N–H and O–H groups in total. The van der Waals surface area contributed by atoms with Gasteiger partial charge >= 0.3 is 6.03 Å². The van der Waals surface area contributed by atoms with Gasteiger partial charge in [-0.15, -0.1) is 0 Å². The predicted molar refractivity (Wildman–Crippen MR) is 57.0 cm³/mol. The number of allylic oxidation sites excluding steroid dienone is 1. The van der Waals surface area contributed by atoms with E-state index in [-0.39, 0.29) is 12.1 Å². The zero-order valence-corrected chi connectivity index (χ0v) is 8.57. The van der Waals surface area contributed by atoms with Crippen LogP contribution in [0, 0.1) is 5.92 Å². The molecule has 3 aliphatic rings. The highest BCUT2D eigenvalue weighted by atomic mass is 16.2. The summed E-state index contributed by atoms with van der Waals surface area (Å²) in [6, 6.07) is -0.110. The summed E-state index contributed by atoms with van der Waals surface area (Å²) in [6.07, 6.45) is 6.38. The van der Waals surface area contributed by atoms with E-state index in [1.807, 2.05) is 0 Å². The first-order valence-electron chi connectivity index (χ1n) is 5.48. The average Bonchev–Trinajstić information content (AvgIpc) is 2.55. The first kappa shape index (κ1) is 8.97. The van der Waals surface area contributed by atoms with Crippen LogP contribution < -0.4 is 11.1 Å². The highest BCUT2D eigenvalue weighted by Crippen LogP contribution is 2.39. The van der Waals surface area contributed by atoms with Gasteiger partial charge in [0.2, 0.25) is 0 Å². The minimum Gasteiger partial charge on any atom is -0.351 e. The van der Waals surface area contributed by atoms with E-state index in [9.17, 15) is 4.79 Å². The van der Waals surface area contributed by atoms with Crippen LogP contribution in [0.25, 0.3) is 0 Å². The lowest BCUT2D eigenvalue weighted by atomic mass is 9.84. The van der Waals surface area contributed by atoms with Crippen LogP contribution in [0.4, 0.5) is 4.79 Å². The number of hydrogen-bond donors (Lipinski definition) is 2. The van der Waals surface area contributed by atoms with Crippen LogP contribution in [0.1, 0.15) is 12.8 Å². The third-order valence-electron chi connectivity index (χ3n) is 3.64. The molecule has 4 heteroatoms. The van der Waals surface area contributed by atoms with Crippen LogP contribution in [0.2, 0.25) is 0 Å². The summed E-state index contributed by atoms with van der Waals surface area (Å²) >= 11 is 0. The molecule has 2 unspecified atom stereocenters. The molecule has 2 amide bonds. The fourth-order valence-corrected chi connectivity index (χ4v) is 2.94. The quantitative estimate of drug-likeness (QED) is 0.607. The molecule has 4 nitrogen and oxygen atoms in total. The summed E-state index contributed by atoms with van der Waals surface area (Å²) in [7, 11) is 0. The Bertz CT molecular complexity index is 372. The maximum absolute atomic E-state index is 11.3. The smallest absolute Gasteiger partial charge is 0.319 e. The lowest BCUT2D eigenvalue weighted by molar-refractivity contribution is 0.200. The molecule has 0 saturated carbocycles. The van der Waals surface area contributed by atoms with Crippen molar-refractivity contribution in [2.24, 2.45) is 11.7 Å². The molecule has 3 aliphatic heterocycles. The lowest BCUT2D eigenvalue weighted by Crippen LogP contribution is -2.46. The highest BCUT2D eigenvalue weighted by molar-refractivity contribution is 5.77. The Balaban J connectivity index is 2.03. The number of nitrogens with zero attached hydrogens (tertiary/aromatic N) is 1. The lowest BCUT2D eigenvalue weighted by Gasteiger charge is -2.38. The number of nitrogens with one attached hydrogen (secondary N) is 1. The van der Waals surface area contributed by atoms with E-state index >= 15 is 0 Å². The molecular weight excluding hydrogens is 190 g/mol. The van der Waals surface area contributed by atoms with E-state index in [0.29, 0.717) is 5.92 Å². The van der Waals surface area contributed by atoms with Gasteiger partial charge in [-0.25, -0.2) is 4.79 Å². The minimum atomic E-state index is -0.323. The molecular formula is C11H15N3O. The summed E-state index contributed by atoms with van der Waals surface area (Å²) in [5.41, 5.74) is 7.82. The summed E-state index contributed by atoms with van der Waals surface area (Å²) in [4.78, 5) is 13.1. The molecule has 2 atom stereocenters. The number of amides is 2. The van der Waals surface area contributed by atoms with Crippen LogP contribution >= 0.6 is 0 Å². The zero-order chi connectivity index (χ0) is 10.4. The van der Waals surface area contributed by atoms with Crippen LogP contribution in [-0.4, -0.2) is 30.1 Å². The van der Waals surface area contributed by atoms with Gasteiger partial charge in [0.1, 0.15) is 0 Å². The molecule has 0 spiro atoms. The van der Waals surface area contributed by atoms with Crippen molar-refractivity contribution in [3.05, 3.63) is 23.4 Å². The van der Waals surface area contributed by atoms with E-state index < -0.39 is 0 Å². The molecule has 0 aromatic heterocycles. The fourth-order valence-electron chi connectivity index (χ4n) is 2.94. The Morgan fingerprint density at radius 1 is 1.60 bits per heavy atom. The average molecular weight is 205 g/mol. The molecule has 80 valence electrons. The number of carbonyl (C=O) groups excluding carboxylic acids is 1. The maximum Gasteiger partial charge on any atom is 0.319 e. The third kappa shape index (κ3) is 1.21. The summed E-state index contributed by atoms with van der Waals surface area (Å²) in [5, 5.41) is 3.36. The molecule has 15 heavy (non-hydrogen) atoms. The Kier molecular flexibility index (Phi) is 1.85. The van der Waals surface area contributed by atoms with Crippen molar-refractivity contribution < 1.29 is 4.79 Å². The SMILES string of the molecule is NC(=O)N1C2=C3CNCCC3CC1C=C2. The molecule has 0 aromatic carbocycles. The van der Waals surface area contributed by atoms with Gasteiger partial charge in [-0.1, -0.05) is 6.08 Å². The van der Waals surface area contributed by atoms with Crippen LogP contribution in [0.15, 0.2) is 23.4 Å². The highest BCUT2D eigenvalue weighted by Gasteiger charge is 2.38. The van der Waals surface area contributed by atoms with Gasteiger partial charge in [0, 0.05) is 12.2 Å². The van der Waals surface area contributed by atoms with Crippen molar-refractivity contribution in [1.29, 1.82) is 0 Å². The zero-order valence-electron chi connectivity index (χ0n) is 8.57. The van der Waals surface area contributed by atoms with Gasteiger partial charge in [-0.2, -0.15) is 0 Å². The third-order valence-corrected chi connectivity index (χ3v) is 3.64. The van der Waals surface area contributed by atoms with Crippen LogP contribution in [-0.2, 0) is 0 Å². The van der Waals surface area contributed by atoms with E-state index in [4.69, 9.17) is 5.73 Å². The number of hydrogen-bond acceptors (Lipinski definition) is 2. The molecule has 3 heterocycles. The second-order valence-corrected chi connectivity index (χ2v) is 4.44. The first-order valence-corrected chi connectivity index (χ1v) is 5.48. The van der Waals surface area contributed by atoms with Gasteiger partial charge in [-0.05, 0) is 37.0 Å². The number of piperidine rings is 1. The summed E-state index contributed by atoms with van der Waals surface area (Å²) in [6.45, 7) is 1.99. The number of rotatable bonds is 0. The topological polar surface area (TPSA) is 58.4 Å². The van der Waals surface area contributed by atoms with Crippen molar-refractivity contribution in [2.75, 3.05) is 13.1 Å². The van der Waals surface area contributed by atoms with Gasteiger partial charge in [0.15, 0.2) is 0 Å². The Hall–Kier alpha value is -1.29. The standard InChI is InChI=1S/C11H15N3O/c12-11(15)14-8-1-2-10(14)9-6-13-4-3-7(9)5-8/h1-2,7-8,13H,3-6H2,(H2,12,15). The molecule has 1 saturated heterocycles. The normalized spacial score (nSPS) is 33.2. The molecule has 0 radical (unpaired) electrons. The van der Waals surface area contributed by atoms with E-state index in [1.54, 1.807) is 4.90 Å². The van der Waals surface area contributed by atoms with Gasteiger partial charge < -0.3 is 11.1 Å². The largest absolute Gasteiger partial charge is 0.351 e. The van der Waals surface area contributed by atoms with Crippen LogP contribution in [0.5, 0.6) is 0 Å². The Morgan fingerprint density at radius 3 is 3.27 bits per heavy atom. The second-order valence-electron chi connectivity index (χ2n) is 4.44. The van der Waals surface area contributed by atoms with E-state index in [1.165, 1.54) is 12.0 Å². The van der Waals surface area contributed by atoms with Gasteiger partial charge in [0.25, 0.3) is 0 Å². The summed E-state index contributed by atoms with van der Waals surface area (Å²) in [5.74, 6) is 0.650. The summed E-state index contributed by atoms with van der Waals surface area (Å²) < 4.78 is 0. The number of fused-ring (bicyclic) bond motifs is 3. The predicted octanol–water partition coefficient (Wildman–Crippen LogP) is 0.573. The maximum atomic E-state index is 11.3. The van der Waals surface area contributed by atoms with E-state index in [0.717, 1.165) is 25.2 Å². The van der Waals surface area contributed by atoms with Gasteiger partial charge in [0.05, 0.1) is 6.04 Å². The van der Waals surface area contributed by atoms with Crippen molar-refractivity contribution in [3.8, 4) is 0 Å². The second kappa shape index (κ2) is 3.10. The van der Waals surface area contributed by atoms with Crippen molar-refractivity contribution in [2.45, 2.75) is 18.9 Å². The van der Waals surface area contributed by atoms with Crippen molar-refractivity contribution >= 4 is 6.03 Å². The molecule has 1 fully saturated rings. The van der Waals surface area contributed by atoms with E-state index in [2.05, 4.69) is 17.5 Å². The minimum absolute atomic E-state index is 0.212. The van der Waals surface area contributed by atoms with Crippen molar-refractivity contribution in [3.63, 3.8) is 0 Å². The molecule has 0 aromatic rings. The molecule has 0 aliphatic carbocycles. The van der Waals surface area contributed by atoms with Gasteiger partial charge in [-0.3, -0.25) is 4.90 Å².